The molecule has 6 nitrogen and oxygen atoms in total. The zero-order valence-electron chi connectivity index (χ0n) is 17.8. The molecular formula is C24H29FN4O2. The number of hydrogen-bond acceptors (Lipinski definition) is 4. The second-order valence-electron chi connectivity index (χ2n) is 7.57. The highest BCUT2D eigenvalue weighted by atomic mass is 19.1. The van der Waals surface area contributed by atoms with E-state index in [2.05, 4.69) is 20.4 Å². The first-order chi connectivity index (χ1) is 15.0. The van der Waals surface area contributed by atoms with Gasteiger partial charge in [0.2, 0.25) is 11.8 Å². The minimum atomic E-state index is -0.608. The third kappa shape index (κ3) is 7.22. The number of nitrogens with one attached hydrogen (secondary N) is 2. The van der Waals surface area contributed by atoms with Crippen molar-refractivity contribution in [3.8, 4) is 0 Å². The molecule has 0 bridgehead atoms. The molecule has 2 aromatic carbocycles. The maximum atomic E-state index is 13.1. The summed E-state index contributed by atoms with van der Waals surface area (Å²) in [6, 6.07) is 15.5. The minimum Gasteiger partial charge on any atom is -0.369 e. The molecule has 2 aromatic rings. The first kappa shape index (κ1) is 22.5. The average molecular weight is 425 g/mol. The molecule has 164 valence electrons. The second-order valence-corrected chi connectivity index (χ2v) is 7.57. The first-order valence-electron chi connectivity index (χ1n) is 10.6. The molecule has 1 heterocycles. The van der Waals surface area contributed by atoms with Crippen molar-refractivity contribution in [2.45, 2.75) is 13.0 Å². The second kappa shape index (κ2) is 11.3. The Morgan fingerprint density at radius 1 is 1.03 bits per heavy atom. The third-order valence-electron chi connectivity index (χ3n) is 5.27. The smallest absolute Gasteiger partial charge is 0.244 e. The molecule has 2 N–H and O–H groups in total. The predicted molar refractivity (Wildman–Crippen MR) is 121 cm³/mol. The minimum absolute atomic E-state index is 0.202. The Bertz CT molecular complexity index is 878. The number of anilines is 1. The number of piperazine rings is 1. The summed E-state index contributed by atoms with van der Waals surface area (Å²) in [5.41, 5.74) is 1.95. The number of benzene rings is 2. The lowest BCUT2D eigenvalue weighted by molar-refractivity contribution is -0.126. The van der Waals surface area contributed by atoms with Gasteiger partial charge in [-0.05, 0) is 42.8 Å². The molecule has 0 aromatic heterocycles. The van der Waals surface area contributed by atoms with Gasteiger partial charge in [0.05, 0.1) is 0 Å². The topological polar surface area (TPSA) is 64.7 Å². The van der Waals surface area contributed by atoms with E-state index in [0.717, 1.165) is 44.0 Å². The summed E-state index contributed by atoms with van der Waals surface area (Å²) in [6.07, 6.45) is 3.14. The Morgan fingerprint density at radius 3 is 2.39 bits per heavy atom. The zero-order valence-corrected chi connectivity index (χ0v) is 17.8. The van der Waals surface area contributed by atoms with Gasteiger partial charge in [0.25, 0.3) is 0 Å². The van der Waals surface area contributed by atoms with Gasteiger partial charge in [-0.2, -0.15) is 0 Å². The van der Waals surface area contributed by atoms with Gasteiger partial charge in [-0.15, -0.1) is 0 Å². The van der Waals surface area contributed by atoms with E-state index >= 15 is 0 Å². The summed E-state index contributed by atoms with van der Waals surface area (Å²) in [5.74, 6) is -0.731. The van der Waals surface area contributed by atoms with Crippen LogP contribution in [0.25, 0.3) is 6.08 Å². The fourth-order valence-corrected chi connectivity index (χ4v) is 3.44. The number of halogens is 1. The van der Waals surface area contributed by atoms with Gasteiger partial charge in [0.1, 0.15) is 11.9 Å². The molecule has 2 amide bonds. The Morgan fingerprint density at radius 2 is 1.71 bits per heavy atom. The summed E-state index contributed by atoms with van der Waals surface area (Å²) >= 11 is 0. The highest BCUT2D eigenvalue weighted by molar-refractivity contribution is 5.95. The largest absolute Gasteiger partial charge is 0.369 e. The van der Waals surface area contributed by atoms with Crippen LogP contribution in [0.3, 0.4) is 0 Å². The lowest BCUT2D eigenvalue weighted by Crippen LogP contribution is -2.50. The Kier molecular flexibility index (Phi) is 8.18. The number of nitrogens with zero attached hydrogens (tertiary/aromatic N) is 2. The van der Waals surface area contributed by atoms with Crippen molar-refractivity contribution >= 4 is 23.6 Å². The lowest BCUT2D eigenvalue weighted by atomic mass is 10.2. The van der Waals surface area contributed by atoms with Crippen LogP contribution in [0.15, 0.2) is 60.7 Å². The number of amides is 2. The maximum Gasteiger partial charge on any atom is 0.244 e. The maximum absolute atomic E-state index is 13.1. The summed E-state index contributed by atoms with van der Waals surface area (Å²) in [6.45, 7) is 6.42. The summed E-state index contributed by atoms with van der Waals surface area (Å²) in [4.78, 5) is 28.8. The molecule has 0 radical (unpaired) electrons. The molecule has 1 unspecified atom stereocenters. The number of carbonyl (C=O) groups excluding carboxylic acids is 2. The van der Waals surface area contributed by atoms with Gasteiger partial charge >= 0.3 is 0 Å². The van der Waals surface area contributed by atoms with Crippen molar-refractivity contribution in [3.05, 3.63) is 72.1 Å². The fraction of sp³-hybridized carbons (Fsp3) is 0.333. The van der Waals surface area contributed by atoms with Crippen molar-refractivity contribution < 1.29 is 14.0 Å². The SMILES string of the molecule is CC(NC(=O)/C=C/c1ccccc1)C(=O)NCCN1CCN(c2ccc(F)cc2)CC1. The Balaban J connectivity index is 1.33. The molecule has 3 rings (SSSR count). The van der Waals surface area contributed by atoms with Crippen molar-refractivity contribution in [2.24, 2.45) is 0 Å². The highest BCUT2D eigenvalue weighted by Crippen LogP contribution is 2.16. The van der Waals surface area contributed by atoms with E-state index in [-0.39, 0.29) is 17.6 Å². The summed E-state index contributed by atoms with van der Waals surface area (Å²) in [5, 5.41) is 5.56. The number of rotatable bonds is 8. The first-order valence-corrected chi connectivity index (χ1v) is 10.6. The van der Waals surface area contributed by atoms with Gasteiger partial charge in [-0.25, -0.2) is 4.39 Å². The zero-order chi connectivity index (χ0) is 22.1. The van der Waals surface area contributed by atoms with Gasteiger partial charge in [-0.1, -0.05) is 30.3 Å². The molecule has 1 fully saturated rings. The quantitative estimate of drug-likeness (QED) is 0.639. The Labute approximate surface area is 182 Å². The molecule has 1 aliphatic heterocycles. The number of hydrogen-bond donors (Lipinski definition) is 2. The van der Waals surface area contributed by atoms with Crippen LogP contribution in [0, 0.1) is 5.82 Å². The van der Waals surface area contributed by atoms with Crippen LogP contribution in [0.5, 0.6) is 0 Å². The monoisotopic (exact) mass is 424 g/mol. The molecule has 0 saturated carbocycles. The summed E-state index contributed by atoms with van der Waals surface area (Å²) in [7, 11) is 0. The fourth-order valence-electron chi connectivity index (χ4n) is 3.44. The van der Waals surface area contributed by atoms with Crippen molar-refractivity contribution in [1.29, 1.82) is 0 Å². The van der Waals surface area contributed by atoms with Gasteiger partial charge in [0.15, 0.2) is 0 Å². The molecule has 1 aliphatic rings. The van der Waals surface area contributed by atoms with E-state index in [9.17, 15) is 14.0 Å². The van der Waals surface area contributed by atoms with Crippen LogP contribution in [-0.2, 0) is 9.59 Å². The summed E-state index contributed by atoms with van der Waals surface area (Å²) < 4.78 is 13.1. The molecule has 7 heteroatoms. The van der Waals surface area contributed by atoms with Crippen LogP contribution in [0.2, 0.25) is 0 Å². The van der Waals surface area contributed by atoms with Gasteiger partial charge in [-0.3, -0.25) is 14.5 Å². The van der Waals surface area contributed by atoms with Crippen LogP contribution < -0.4 is 15.5 Å². The molecule has 31 heavy (non-hydrogen) atoms. The van der Waals surface area contributed by atoms with Gasteiger partial charge < -0.3 is 15.5 Å². The van der Waals surface area contributed by atoms with Crippen molar-refractivity contribution in [3.63, 3.8) is 0 Å². The molecule has 0 aliphatic carbocycles. The molecule has 1 saturated heterocycles. The van der Waals surface area contributed by atoms with E-state index in [1.165, 1.54) is 18.2 Å². The van der Waals surface area contributed by atoms with Crippen molar-refractivity contribution in [1.82, 2.24) is 15.5 Å². The van der Waals surface area contributed by atoms with Crippen LogP contribution in [-0.4, -0.2) is 62.0 Å². The lowest BCUT2D eigenvalue weighted by Gasteiger charge is -2.36. The molecular weight excluding hydrogens is 395 g/mol. The average Bonchev–Trinajstić information content (AvgIpc) is 2.79. The molecule has 1 atom stereocenters. The highest BCUT2D eigenvalue weighted by Gasteiger charge is 2.18. The predicted octanol–water partition coefficient (Wildman–Crippen LogP) is 2.28. The van der Waals surface area contributed by atoms with E-state index in [4.69, 9.17) is 0 Å². The van der Waals surface area contributed by atoms with E-state index in [0.29, 0.717) is 6.54 Å². The standard InChI is InChI=1S/C24H29FN4O2/c1-19(27-23(30)12-7-20-5-3-2-4-6-20)24(31)26-13-14-28-15-17-29(18-16-28)22-10-8-21(25)9-11-22/h2-12,19H,13-18H2,1H3,(H,26,31)(H,27,30)/b12-7+. The third-order valence-corrected chi connectivity index (χ3v) is 5.27. The van der Waals surface area contributed by atoms with Gasteiger partial charge in [0, 0.05) is 51.0 Å². The van der Waals surface area contributed by atoms with Crippen LogP contribution >= 0.6 is 0 Å². The van der Waals surface area contributed by atoms with E-state index in [1.54, 1.807) is 25.1 Å². The normalized spacial score (nSPS) is 15.6. The molecule has 0 spiro atoms. The van der Waals surface area contributed by atoms with Crippen LogP contribution in [0.4, 0.5) is 10.1 Å². The van der Waals surface area contributed by atoms with Crippen molar-refractivity contribution in [2.75, 3.05) is 44.2 Å². The number of carbonyl (C=O) groups is 2. The van der Waals surface area contributed by atoms with Crippen LogP contribution in [0.1, 0.15) is 12.5 Å². The Hall–Kier alpha value is -3.19. The van der Waals surface area contributed by atoms with E-state index in [1.807, 2.05) is 30.3 Å². The van der Waals surface area contributed by atoms with E-state index < -0.39 is 6.04 Å².